The standard InChI is InChI=1S/C14H10N2O/c17-9-13-8-14(16-15-13)12-6-5-10-3-1-2-4-11(10)7-12/h1-9H,(H,15,16). The number of rotatable bonds is 2. The van der Waals surface area contributed by atoms with E-state index < -0.39 is 0 Å². The van der Waals surface area contributed by atoms with Crippen LogP contribution in [0.25, 0.3) is 22.0 Å². The Morgan fingerprint density at radius 2 is 1.82 bits per heavy atom. The molecule has 3 aromatic rings. The van der Waals surface area contributed by atoms with Crippen molar-refractivity contribution in [2.45, 2.75) is 0 Å². The number of benzene rings is 2. The van der Waals surface area contributed by atoms with E-state index in [9.17, 15) is 4.79 Å². The summed E-state index contributed by atoms with van der Waals surface area (Å²) in [5, 5.41) is 9.16. The number of H-pyrrole nitrogens is 1. The second-order valence-electron chi connectivity index (χ2n) is 3.89. The molecule has 3 rings (SSSR count). The van der Waals surface area contributed by atoms with Gasteiger partial charge in [-0.3, -0.25) is 9.89 Å². The van der Waals surface area contributed by atoms with Crippen LogP contribution in [0.1, 0.15) is 10.5 Å². The van der Waals surface area contributed by atoms with Gasteiger partial charge in [-0.1, -0.05) is 36.4 Å². The van der Waals surface area contributed by atoms with Crippen molar-refractivity contribution in [2.75, 3.05) is 0 Å². The van der Waals surface area contributed by atoms with Crippen LogP contribution in [0.5, 0.6) is 0 Å². The molecular formula is C14H10N2O. The van der Waals surface area contributed by atoms with E-state index in [4.69, 9.17) is 0 Å². The van der Waals surface area contributed by atoms with E-state index in [1.54, 1.807) is 6.07 Å². The van der Waals surface area contributed by atoms with Crippen LogP contribution >= 0.6 is 0 Å². The Bertz CT molecular complexity index is 685. The first-order valence-corrected chi connectivity index (χ1v) is 5.36. The lowest BCUT2D eigenvalue weighted by Gasteiger charge is -2.00. The number of nitrogens with zero attached hydrogens (tertiary/aromatic N) is 1. The Morgan fingerprint density at radius 3 is 2.59 bits per heavy atom. The van der Waals surface area contributed by atoms with Crippen LogP contribution < -0.4 is 0 Å². The molecule has 0 unspecified atom stereocenters. The number of aromatic amines is 1. The first kappa shape index (κ1) is 9.78. The molecule has 1 aromatic heterocycles. The average Bonchev–Trinajstić information content (AvgIpc) is 2.87. The number of nitrogens with one attached hydrogen (secondary N) is 1. The number of carbonyl (C=O) groups excluding carboxylic acids is 1. The predicted octanol–water partition coefficient (Wildman–Crippen LogP) is 3.04. The number of hydrogen-bond donors (Lipinski definition) is 1. The molecule has 0 spiro atoms. The number of aldehydes is 1. The summed E-state index contributed by atoms with van der Waals surface area (Å²) in [5.74, 6) is 0. The van der Waals surface area contributed by atoms with Gasteiger partial charge in [0.25, 0.3) is 0 Å². The zero-order chi connectivity index (χ0) is 11.7. The van der Waals surface area contributed by atoms with E-state index in [2.05, 4.69) is 34.5 Å². The summed E-state index contributed by atoms with van der Waals surface area (Å²) in [4.78, 5) is 10.6. The van der Waals surface area contributed by atoms with Crippen LogP contribution in [0.2, 0.25) is 0 Å². The van der Waals surface area contributed by atoms with Crippen molar-refractivity contribution in [3.63, 3.8) is 0 Å². The molecule has 0 aliphatic heterocycles. The molecule has 0 radical (unpaired) electrons. The Morgan fingerprint density at radius 1 is 1.00 bits per heavy atom. The Hall–Kier alpha value is -2.42. The molecule has 0 amide bonds. The highest BCUT2D eigenvalue weighted by Crippen LogP contribution is 2.23. The van der Waals surface area contributed by atoms with Crippen LogP contribution in [0.3, 0.4) is 0 Å². The Labute approximate surface area is 98.1 Å². The molecule has 0 fully saturated rings. The zero-order valence-corrected chi connectivity index (χ0v) is 9.05. The van der Waals surface area contributed by atoms with Crippen molar-refractivity contribution in [3.05, 3.63) is 54.2 Å². The third kappa shape index (κ3) is 1.72. The molecule has 17 heavy (non-hydrogen) atoms. The van der Waals surface area contributed by atoms with E-state index in [0.717, 1.165) is 17.5 Å². The highest BCUT2D eigenvalue weighted by Gasteiger charge is 2.03. The number of hydrogen-bond acceptors (Lipinski definition) is 2. The molecule has 1 N–H and O–H groups in total. The van der Waals surface area contributed by atoms with E-state index in [0.29, 0.717) is 5.69 Å². The maximum Gasteiger partial charge on any atom is 0.167 e. The number of carbonyl (C=O) groups is 1. The Kier molecular flexibility index (Phi) is 2.22. The molecule has 3 heteroatoms. The minimum atomic E-state index is 0.494. The fourth-order valence-corrected chi connectivity index (χ4v) is 1.89. The van der Waals surface area contributed by atoms with Crippen LogP contribution in [-0.2, 0) is 0 Å². The van der Waals surface area contributed by atoms with Gasteiger partial charge in [-0.05, 0) is 22.9 Å². The minimum Gasteiger partial charge on any atom is -0.296 e. The van der Waals surface area contributed by atoms with Crippen molar-refractivity contribution in [2.24, 2.45) is 0 Å². The monoisotopic (exact) mass is 222 g/mol. The summed E-state index contributed by atoms with van der Waals surface area (Å²) in [7, 11) is 0. The van der Waals surface area contributed by atoms with Gasteiger partial charge in [-0.25, -0.2) is 0 Å². The number of aromatic nitrogens is 2. The summed E-state index contributed by atoms with van der Waals surface area (Å²) < 4.78 is 0. The fraction of sp³-hybridized carbons (Fsp3) is 0. The molecule has 2 aromatic carbocycles. The van der Waals surface area contributed by atoms with Crippen molar-refractivity contribution in [3.8, 4) is 11.3 Å². The summed E-state index contributed by atoms with van der Waals surface area (Å²) in [6.07, 6.45) is 0.761. The molecule has 3 nitrogen and oxygen atoms in total. The van der Waals surface area contributed by atoms with Gasteiger partial charge in [-0.2, -0.15) is 5.10 Å². The van der Waals surface area contributed by atoms with Crippen molar-refractivity contribution in [1.82, 2.24) is 10.2 Å². The van der Waals surface area contributed by atoms with Gasteiger partial charge in [0.15, 0.2) is 6.29 Å². The zero-order valence-electron chi connectivity index (χ0n) is 9.05. The third-order valence-corrected chi connectivity index (χ3v) is 2.77. The summed E-state index contributed by atoms with van der Waals surface area (Å²) >= 11 is 0. The van der Waals surface area contributed by atoms with E-state index in [1.807, 2.05) is 18.2 Å². The van der Waals surface area contributed by atoms with Gasteiger partial charge in [0.2, 0.25) is 0 Å². The lowest BCUT2D eigenvalue weighted by molar-refractivity contribution is 0.111. The maximum atomic E-state index is 10.6. The van der Waals surface area contributed by atoms with Gasteiger partial charge in [-0.15, -0.1) is 0 Å². The van der Waals surface area contributed by atoms with Crippen LogP contribution in [0.15, 0.2) is 48.5 Å². The quantitative estimate of drug-likeness (QED) is 0.677. The lowest BCUT2D eigenvalue weighted by atomic mass is 10.1. The summed E-state index contributed by atoms with van der Waals surface area (Å²) in [6, 6.07) is 16.0. The third-order valence-electron chi connectivity index (χ3n) is 2.77. The molecule has 0 aliphatic carbocycles. The van der Waals surface area contributed by atoms with E-state index in [1.165, 1.54) is 10.8 Å². The topological polar surface area (TPSA) is 45.8 Å². The molecule has 0 saturated carbocycles. The maximum absolute atomic E-state index is 10.6. The second-order valence-corrected chi connectivity index (χ2v) is 3.89. The average molecular weight is 222 g/mol. The first-order valence-electron chi connectivity index (χ1n) is 5.36. The van der Waals surface area contributed by atoms with Gasteiger partial charge >= 0.3 is 0 Å². The molecular weight excluding hydrogens is 212 g/mol. The van der Waals surface area contributed by atoms with Gasteiger partial charge in [0.05, 0.1) is 11.4 Å². The Balaban J connectivity index is 2.14. The molecule has 1 heterocycles. The van der Waals surface area contributed by atoms with E-state index in [-0.39, 0.29) is 0 Å². The van der Waals surface area contributed by atoms with Gasteiger partial charge in [0, 0.05) is 5.56 Å². The van der Waals surface area contributed by atoms with Crippen molar-refractivity contribution >= 4 is 17.1 Å². The van der Waals surface area contributed by atoms with Crippen LogP contribution in [0, 0.1) is 0 Å². The summed E-state index contributed by atoms with van der Waals surface area (Å²) in [6.45, 7) is 0. The first-order chi connectivity index (χ1) is 8.36. The summed E-state index contributed by atoms with van der Waals surface area (Å²) in [5.41, 5.74) is 2.29. The van der Waals surface area contributed by atoms with Gasteiger partial charge in [0.1, 0.15) is 0 Å². The highest BCUT2D eigenvalue weighted by molar-refractivity contribution is 5.87. The van der Waals surface area contributed by atoms with Crippen LogP contribution in [-0.4, -0.2) is 16.5 Å². The van der Waals surface area contributed by atoms with Gasteiger partial charge < -0.3 is 0 Å². The molecule has 0 aliphatic rings. The normalized spacial score (nSPS) is 10.6. The van der Waals surface area contributed by atoms with Crippen molar-refractivity contribution in [1.29, 1.82) is 0 Å². The molecule has 0 atom stereocenters. The van der Waals surface area contributed by atoms with E-state index >= 15 is 0 Å². The predicted molar refractivity (Wildman–Crippen MR) is 66.9 cm³/mol. The van der Waals surface area contributed by atoms with Crippen LogP contribution in [0.4, 0.5) is 0 Å². The smallest absolute Gasteiger partial charge is 0.167 e. The second kappa shape index (κ2) is 3.87. The molecule has 82 valence electrons. The largest absolute Gasteiger partial charge is 0.296 e. The fourth-order valence-electron chi connectivity index (χ4n) is 1.89. The minimum absolute atomic E-state index is 0.494. The highest BCUT2D eigenvalue weighted by atomic mass is 16.1. The molecule has 0 saturated heterocycles. The SMILES string of the molecule is O=Cc1cc(-c2ccc3ccccc3c2)n[nH]1. The lowest BCUT2D eigenvalue weighted by Crippen LogP contribution is -1.79. The van der Waals surface area contributed by atoms with Crippen molar-refractivity contribution < 1.29 is 4.79 Å². The number of fused-ring (bicyclic) bond motifs is 1. The molecule has 0 bridgehead atoms.